The molecule has 0 unspecified atom stereocenters. The Bertz CT molecular complexity index is 1260. The molecular weight excluding hydrogens is 565 g/mol. The maximum Gasteiger partial charge on any atom is 0.573 e. The Morgan fingerprint density at radius 2 is 1.36 bits per heavy atom. The second kappa shape index (κ2) is 15.3. The number of alkyl halides is 3. The van der Waals surface area contributed by atoms with Crippen molar-refractivity contribution in [3.05, 3.63) is 89.5 Å². The van der Waals surface area contributed by atoms with Crippen molar-refractivity contribution in [1.29, 1.82) is 0 Å². The van der Waals surface area contributed by atoms with Gasteiger partial charge in [-0.3, -0.25) is 9.69 Å². The molecule has 1 amide bonds. The minimum atomic E-state index is -4.77. The van der Waals surface area contributed by atoms with Crippen molar-refractivity contribution in [3.63, 3.8) is 0 Å². The van der Waals surface area contributed by atoms with E-state index in [1.807, 2.05) is 0 Å². The van der Waals surface area contributed by atoms with Crippen LogP contribution in [0.3, 0.4) is 0 Å². The van der Waals surface area contributed by atoms with Crippen LogP contribution in [0.4, 0.5) is 24.5 Å². The molecule has 1 heterocycles. The largest absolute Gasteiger partial charge is 0.573 e. The third-order valence-corrected chi connectivity index (χ3v) is 8.26. The lowest BCUT2D eigenvalue weighted by molar-refractivity contribution is -0.274. The van der Waals surface area contributed by atoms with Gasteiger partial charge >= 0.3 is 6.36 Å². The van der Waals surface area contributed by atoms with E-state index in [0.29, 0.717) is 12.1 Å². The van der Waals surface area contributed by atoms with Crippen molar-refractivity contribution >= 4 is 17.3 Å². The van der Waals surface area contributed by atoms with Crippen molar-refractivity contribution in [2.75, 3.05) is 50.1 Å². The highest BCUT2D eigenvalue weighted by Crippen LogP contribution is 2.34. The van der Waals surface area contributed by atoms with Gasteiger partial charge < -0.3 is 19.9 Å². The maximum absolute atomic E-state index is 13.0. The molecule has 1 atom stereocenters. The normalized spacial score (nSPS) is 15.4. The highest BCUT2D eigenvalue weighted by atomic mass is 19.4. The summed E-state index contributed by atoms with van der Waals surface area (Å²) >= 11 is 0. The van der Waals surface area contributed by atoms with Crippen LogP contribution in [-0.4, -0.2) is 63.5 Å². The molecule has 1 saturated heterocycles. The Morgan fingerprint density at radius 3 is 1.82 bits per heavy atom. The number of halogens is 3. The van der Waals surface area contributed by atoms with Crippen LogP contribution < -0.4 is 19.9 Å². The predicted molar refractivity (Wildman–Crippen MR) is 172 cm³/mol. The summed E-state index contributed by atoms with van der Waals surface area (Å²) < 4.78 is 41.4. The average molecular weight is 611 g/mol. The number of anilines is 2. The zero-order chi connectivity index (χ0) is 31.7. The summed E-state index contributed by atoms with van der Waals surface area (Å²) in [6, 6.07) is 22.5. The van der Waals surface area contributed by atoms with E-state index in [9.17, 15) is 18.0 Å². The lowest BCUT2D eigenvalue weighted by Gasteiger charge is -2.30. The van der Waals surface area contributed by atoms with Gasteiger partial charge in [-0.15, -0.1) is 13.2 Å². The fourth-order valence-corrected chi connectivity index (χ4v) is 5.70. The molecule has 1 aliphatic rings. The van der Waals surface area contributed by atoms with Gasteiger partial charge in [0.2, 0.25) is 0 Å². The third-order valence-electron chi connectivity index (χ3n) is 8.26. The highest BCUT2D eigenvalue weighted by Gasteiger charge is 2.32. The quantitative estimate of drug-likeness (QED) is 0.203. The van der Waals surface area contributed by atoms with Crippen LogP contribution in [0.5, 0.6) is 5.75 Å². The molecule has 0 bridgehead atoms. The first-order valence-corrected chi connectivity index (χ1v) is 15.6. The minimum absolute atomic E-state index is 0.0145. The van der Waals surface area contributed by atoms with Gasteiger partial charge in [-0.2, -0.15) is 0 Å². The molecule has 238 valence electrons. The average Bonchev–Trinajstić information content (AvgIpc) is 3.46. The molecule has 0 spiro atoms. The monoisotopic (exact) mass is 610 g/mol. The van der Waals surface area contributed by atoms with Gasteiger partial charge in [0.1, 0.15) is 5.75 Å². The number of carbonyl (C=O) groups excluding carboxylic acids is 1. The number of unbranched alkanes of at least 4 members (excludes halogenated alkanes) is 2. The lowest BCUT2D eigenvalue weighted by atomic mass is 9.96. The van der Waals surface area contributed by atoms with Gasteiger partial charge in [0.15, 0.2) is 0 Å². The zero-order valence-electron chi connectivity index (χ0n) is 26.2. The van der Waals surface area contributed by atoms with Crippen LogP contribution in [0.25, 0.3) is 0 Å². The fourth-order valence-electron chi connectivity index (χ4n) is 5.70. The molecule has 0 radical (unpaired) electrons. The van der Waals surface area contributed by atoms with Crippen LogP contribution in [0.1, 0.15) is 73.5 Å². The van der Waals surface area contributed by atoms with E-state index in [0.717, 1.165) is 63.9 Å². The molecule has 1 aliphatic heterocycles. The number of nitrogens with zero attached hydrogens (tertiary/aromatic N) is 3. The summed E-state index contributed by atoms with van der Waals surface area (Å²) in [6.45, 7) is 7.87. The summed E-state index contributed by atoms with van der Waals surface area (Å²) in [5, 5.41) is 3.08. The third kappa shape index (κ3) is 9.14. The van der Waals surface area contributed by atoms with Crippen molar-refractivity contribution in [1.82, 2.24) is 10.2 Å². The number of carbonyl (C=O) groups is 1. The number of hydrogen-bond donors (Lipinski definition) is 1. The Balaban J connectivity index is 1.50. The first-order valence-electron chi connectivity index (χ1n) is 15.6. The summed E-state index contributed by atoms with van der Waals surface area (Å²) in [5.41, 5.74) is 5.05. The molecule has 1 N–H and O–H groups in total. The predicted octanol–water partition coefficient (Wildman–Crippen LogP) is 7.65. The maximum atomic E-state index is 13.0. The Labute approximate surface area is 259 Å². The SMILES string of the molecule is CCCCN(C)c1ccc(C(c2ccc(N(C)CCCC)cc2)N2CC[C@@H](NC(=O)c3ccc(OC(F)(F)F)cc3)C2)cc1. The van der Waals surface area contributed by atoms with E-state index in [-0.39, 0.29) is 23.7 Å². The second-order valence-corrected chi connectivity index (χ2v) is 11.7. The van der Waals surface area contributed by atoms with Crippen molar-refractivity contribution < 1.29 is 22.7 Å². The number of ether oxygens (including phenoxy) is 1. The first kappa shape index (κ1) is 33.2. The van der Waals surface area contributed by atoms with Crippen molar-refractivity contribution in [2.24, 2.45) is 0 Å². The Kier molecular flexibility index (Phi) is 11.6. The number of benzene rings is 3. The van der Waals surface area contributed by atoms with Crippen LogP contribution in [0.2, 0.25) is 0 Å². The number of likely N-dealkylation sites (tertiary alicyclic amines) is 1. The Morgan fingerprint density at radius 1 is 0.864 bits per heavy atom. The van der Waals surface area contributed by atoms with E-state index in [1.54, 1.807) is 0 Å². The van der Waals surface area contributed by atoms with Gasteiger partial charge in [0.05, 0.1) is 6.04 Å². The van der Waals surface area contributed by atoms with Crippen molar-refractivity contribution in [3.8, 4) is 5.75 Å². The number of hydrogen-bond acceptors (Lipinski definition) is 5. The summed E-state index contributed by atoms with van der Waals surface area (Å²) in [4.78, 5) is 19.9. The van der Waals surface area contributed by atoms with Crippen molar-refractivity contribution in [2.45, 2.75) is 64.4 Å². The van der Waals surface area contributed by atoms with Crippen LogP contribution in [-0.2, 0) is 0 Å². The molecule has 0 aromatic heterocycles. The molecule has 9 heteroatoms. The van der Waals surface area contributed by atoms with E-state index >= 15 is 0 Å². The van der Waals surface area contributed by atoms with E-state index in [2.05, 4.69) is 101 Å². The molecule has 3 aromatic carbocycles. The second-order valence-electron chi connectivity index (χ2n) is 11.7. The first-order chi connectivity index (χ1) is 21.1. The lowest BCUT2D eigenvalue weighted by Crippen LogP contribution is -2.38. The van der Waals surface area contributed by atoms with Gasteiger partial charge in [-0.05, 0) is 78.9 Å². The summed E-state index contributed by atoms with van der Waals surface area (Å²) in [7, 11) is 4.25. The number of amides is 1. The smallest absolute Gasteiger partial charge is 0.406 e. The number of rotatable bonds is 14. The van der Waals surface area contributed by atoms with Crippen LogP contribution >= 0.6 is 0 Å². The van der Waals surface area contributed by atoms with Crippen LogP contribution in [0, 0.1) is 0 Å². The summed E-state index contributed by atoms with van der Waals surface area (Å²) in [5.74, 6) is -0.667. The number of nitrogens with one attached hydrogen (secondary N) is 1. The van der Waals surface area contributed by atoms with Gasteiger partial charge in [0.25, 0.3) is 5.91 Å². The van der Waals surface area contributed by atoms with E-state index < -0.39 is 6.36 Å². The fraction of sp³-hybridized carbons (Fsp3) is 0.457. The molecule has 1 fully saturated rings. The topological polar surface area (TPSA) is 48.0 Å². The standard InChI is InChI=1S/C35H45F3N4O2/c1-5-7-22-40(3)30-15-9-26(10-16-30)33(27-11-17-31(18-12-27)41(4)23-8-6-2)42-24-21-29(25-42)39-34(43)28-13-19-32(20-14-28)44-35(36,37)38/h9-20,29,33H,5-8,21-25H2,1-4H3,(H,39,43)/t29-/m1/s1. The van der Waals surface area contributed by atoms with Gasteiger partial charge in [-0.1, -0.05) is 51.0 Å². The van der Waals surface area contributed by atoms with Crippen LogP contribution in [0.15, 0.2) is 72.8 Å². The Hall–Kier alpha value is -3.72. The van der Waals surface area contributed by atoms with E-state index in [4.69, 9.17) is 0 Å². The summed E-state index contributed by atoms with van der Waals surface area (Å²) in [6.07, 6.45) is 0.590. The molecule has 3 aromatic rings. The van der Waals surface area contributed by atoms with Gasteiger partial charge in [0, 0.05) is 63.3 Å². The van der Waals surface area contributed by atoms with Gasteiger partial charge in [-0.25, -0.2) is 0 Å². The zero-order valence-corrected chi connectivity index (χ0v) is 26.2. The molecule has 6 nitrogen and oxygen atoms in total. The van der Waals surface area contributed by atoms with E-state index in [1.165, 1.54) is 34.6 Å². The minimum Gasteiger partial charge on any atom is -0.406 e. The molecule has 44 heavy (non-hydrogen) atoms. The molecular formula is C35H45F3N4O2. The molecule has 0 aliphatic carbocycles. The molecule has 0 saturated carbocycles. The molecule has 4 rings (SSSR count). The highest BCUT2D eigenvalue weighted by molar-refractivity contribution is 5.94.